The van der Waals surface area contributed by atoms with Gasteiger partial charge in [0.2, 0.25) is 0 Å². The molecular weight excluding hydrogens is 232 g/mol. The molecular formula is C17H26N2. The molecule has 0 saturated heterocycles. The Kier molecular flexibility index (Phi) is 3.71. The lowest BCUT2D eigenvalue weighted by molar-refractivity contribution is 0.244. The van der Waals surface area contributed by atoms with Gasteiger partial charge in [-0.05, 0) is 18.3 Å². The predicted octanol–water partition coefficient (Wildman–Crippen LogP) is 3.78. The van der Waals surface area contributed by atoms with Gasteiger partial charge in [0.25, 0.3) is 0 Å². The highest BCUT2D eigenvalue weighted by Crippen LogP contribution is 2.31. The number of hydrogen-bond donors (Lipinski definition) is 1. The summed E-state index contributed by atoms with van der Waals surface area (Å²) in [5, 5.41) is 3.65. The van der Waals surface area contributed by atoms with Gasteiger partial charge in [0, 0.05) is 5.56 Å². The number of amidine groups is 1. The monoisotopic (exact) mass is 258 g/mol. The molecule has 0 saturated carbocycles. The molecule has 2 nitrogen and oxygen atoms in total. The van der Waals surface area contributed by atoms with Crippen molar-refractivity contribution in [1.82, 2.24) is 5.32 Å². The first-order chi connectivity index (χ1) is 8.79. The SMILES string of the molecule is Cc1ccc(C2=NC(C(C)C)C(C(C)(C)C)N2)cc1. The minimum atomic E-state index is 0.213. The second kappa shape index (κ2) is 4.99. The summed E-state index contributed by atoms with van der Waals surface area (Å²) in [5.74, 6) is 1.61. The Balaban J connectivity index is 2.29. The lowest BCUT2D eigenvalue weighted by Crippen LogP contribution is -2.46. The van der Waals surface area contributed by atoms with Crippen molar-refractivity contribution in [3.8, 4) is 0 Å². The van der Waals surface area contributed by atoms with E-state index in [1.165, 1.54) is 11.1 Å². The molecule has 0 fully saturated rings. The Morgan fingerprint density at radius 2 is 1.68 bits per heavy atom. The van der Waals surface area contributed by atoms with Gasteiger partial charge in [0.05, 0.1) is 12.1 Å². The molecule has 1 N–H and O–H groups in total. The molecule has 0 aromatic heterocycles. The topological polar surface area (TPSA) is 24.4 Å². The Labute approximate surface area is 117 Å². The first-order valence-electron chi connectivity index (χ1n) is 7.20. The third-order valence-corrected chi connectivity index (χ3v) is 3.85. The summed E-state index contributed by atoms with van der Waals surface area (Å²) >= 11 is 0. The lowest BCUT2D eigenvalue weighted by Gasteiger charge is -2.33. The van der Waals surface area contributed by atoms with Crippen LogP contribution in [0.5, 0.6) is 0 Å². The van der Waals surface area contributed by atoms with Gasteiger partial charge in [0.1, 0.15) is 5.84 Å². The van der Waals surface area contributed by atoms with Crippen molar-refractivity contribution in [3.63, 3.8) is 0 Å². The van der Waals surface area contributed by atoms with Crippen LogP contribution >= 0.6 is 0 Å². The maximum Gasteiger partial charge on any atom is 0.128 e. The minimum absolute atomic E-state index is 0.213. The predicted molar refractivity (Wildman–Crippen MR) is 82.7 cm³/mol. The molecule has 1 aliphatic rings. The van der Waals surface area contributed by atoms with Crippen LogP contribution in [0.4, 0.5) is 0 Å². The van der Waals surface area contributed by atoms with E-state index in [0.717, 1.165) is 5.84 Å². The van der Waals surface area contributed by atoms with Crippen LogP contribution in [-0.2, 0) is 0 Å². The number of aliphatic imine (C=N–C) groups is 1. The van der Waals surface area contributed by atoms with Crippen LogP contribution in [-0.4, -0.2) is 17.9 Å². The van der Waals surface area contributed by atoms with E-state index >= 15 is 0 Å². The third kappa shape index (κ3) is 2.99. The number of rotatable bonds is 2. The van der Waals surface area contributed by atoms with Gasteiger partial charge in [-0.3, -0.25) is 4.99 Å². The highest BCUT2D eigenvalue weighted by molar-refractivity contribution is 6.00. The zero-order valence-electron chi connectivity index (χ0n) is 13.0. The van der Waals surface area contributed by atoms with Gasteiger partial charge in [-0.2, -0.15) is 0 Å². The maximum absolute atomic E-state index is 4.94. The number of aryl methyl sites for hydroxylation is 1. The molecule has 104 valence electrons. The van der Waals surface area contributed by atoms with Crippen molar-refractivity contribution in [3.05, 3.63) is 35.4 Å². The number of nitrogens with one attached hydrogen (secondary N) is 1. The van der Waals surface area contributed by atoms with Crippen molar-refractivity contribution >= 4 is 5.84 Å². The molecule has 0 amide bonds. The fourth-order valence-electron chi connectivity index (χ4n) is 2.63. The molecule has 1 aliphatic heterocycles. The number of hydrogen-bond acceptors (Lipinski definition) is 2. The summed E-state index contributed by atoms with van der Waals surface area (Å²) in [6.45, 7) is 13.5. The van der Waals surface area contributed by atoms with Crippen LogP contribution in [0, 0.1) is 18.3 Å². The van der Waals surface area contributed by atoms with Crippen LogP contribution in [0.25, 0.3) is 0 Å². The van der Waals surface area contributed by atoms with E-state index in [9.17, 15) is 0 Å². The average molecular weight is 258 g/mol. The molecule has 2 unspecified atom stereocenters. The lowest BCUT2D eigenvalue weighted by atomic mass is 9.79. The van der Waals surface area contributed by atoms with Crippen molar-refractivity contribution in [2.24, 2.45) is 16.3 Å². The van der Waals surface area contributed by atoms with E-state index in [-0.39, 0.29) is 5.41 Å². The first kappa shape index (κ1) is 14.1. The van der Waals surface area contributed by atoms with Gasteiger partial charge >= 0.3 is 0 Å². The van der Waals surface area contributed by atoms with E-state index in [1.807, 2.05) is 0 Å². The van der Waals surface area contributed by atoms with E-state index in [4.69, 9.17) is 4.99 Å². The summed E-state index contributed by atoms with van der Waals surface area (Å²) in [4.78, 5) is 4.94. The molecule has 2 rings (SSSR count). The molecule has 1 aromatic rings. The smallest absolute Gasteiger partial charge is 0.128 e. The van der Waals surface area contributed by atoms with Gasteiger partial charge < -0.3 is 5.32 Å². The van der Waals surface area contributed by atoms with E-state index in [0.29, 0.717) is 18.0 Å². The average Bonchev–Trinajstić information content (AvgIpc) is 2.74. The summed E-state index contributed by atoms with van der Waals surface area (Å²) in [7, 11) is 0. The van der Waals surface area contributed by atoms with E-state index < -0.39 is 0 Å². The van der Waals surface area contributed by atoms with Gasteiger partial charge in [-0.25, -0.2) is 0 Å². The zero-order chi connectivity index (χ0) is 14.2. The molecule has 2 atom stereocenters. The molecule has 1 heterocycles. The van der Waals surface area contributed by atoms with Crippen molar-refractivity contribution in [2.45, 2.75) is 53.6 Å². The largest absolute Gasteiger partial charge is 0.364 e. The second-order valence-corrected chi connectivity index (χ2v) is 7.07. The zero-order valence-corrected chi connectivity index (χ0v) is 13.0. The maximum atomic E-state index is 4.94. The Morgan fingerprint density at radius 1 is 1.11 bits per heavy atom. The van der Waals surface area contributed by atoms with Crippen LogP contribution in [0.2, 0.25) is 0 Å². The highest BCUT2D eigenvalue weighted by atomic mass is 15.1. The number of nitrogens with zero attached hydrogens (tertiary/aromatic N) is 1. The molecule has 0 radical (unpaired) electrons. The second-order valence-electron chi connectivity index (χ2n) is 7.07. The summed E-state index contributed by atoms with van der Waals surface area (Å²) in [6.07, 6.45) is 0. The normalized spacial score (nSPS) is 23.4. The Hall–Kier alpha value is -1.31. The van der Waals surface area contributed by atoms with Crippen LogP contribution in [0.15, 0.2) is 29.3 Å². The van der Waals surface area contributed by atoms with Gasteiger partial charge in [-0.15, -0.1) is 0 Å². The fourth-order valence-corrected chi connectivity index (χ4v) is 2.63. The standard InChI is InChI=1S/C17H26N2/c1-11(2)14-15(17(4,5)6)19-16(18-14)13-9-7-12(3)8-10-13/h7-11,14-15H,1-6H3,(H,18,19). The van der Waals surface area contributed by atoms with Crippen LogP contribution in [0.3, 0.4) is 0 Å². The van der Waals surface area contributed by atoms with Crippen LogP contribution in [0.1, 0.15) is 45.7 Å². The molecule has 1 aromatic carbocycles. The molecule has 2 heteroatoms. The summed E-state index contributed by atoms with van der Waals surface area (Å²) in [5.41, 5.74) is 2.70. The van der Waals surface area contributed by atoms with Gasteiger partial charge in [-0.1, -0.05) is 64.4 Å². The van der Waals surface area contributed by atoms with Gasteiger partial charge in [0.15, 0.2) is 0 Å². The molecule has 0 spiro atoms. The van der Waals surface area contributed by atoms with Crippen molar-refractivity contribution in [1.29, 1.82) is 0 Å². The number of benzene rings is 1. The molecule has 0 aliphatic carbocycles. The first-order valence-corrected chi connectivity index (χ1v) is 7.20. The highest BCUT2D eigenvalue weighted by Gasteiger charge is 2.38. The third-order valence-electron chi connectivity index (χ3n) is 3.85. The van der Waals surface area contributed by atoms with Crippen LogP contribution < -0.4 is 5.32 Å². The van der Waals surface area contributed by atoms with Crippen molar-refractivity contribution in [2.75, 3.05) is 0 Å². The minimum Gasteiger partial charge on any atom is -0.364 e. The Morgan fingerprint density at radius 3 is 2.11 bits per heavy atom. The Bertz CT molecular complexity index is 463. The van der Waals surface area contributed by atoms with Crippen molar-refractivity contribution < 1.29 is 0 Å². The fraction of sp³-hybridized carbons (Fsp3) is 0.588. The van der Waals surface area contributed by atoms with E-state index in [2.05, 4.69) is 71.1 Å². The molecule has 0 bridgehead atoms. The summed E-state index contributed by atoms with van der Waals surface area (Å²) < 4.78 is 0. The quantitative estimate of drug-likeness (QED) is 0.857. The summed E-state index contributed by atoms with van der Waals surface area (Å²) in [6, 6.07) is 9.37. The molecule has 19 heavy (non-hydrogen) atoms. The van der Waals surface area contributed by atoms with E-state index in [1.54, 1.807) is 0 Å².